The quantitative estimate of drug-likeness (QED) is 0.813. The second kappa shape index (κ2) is 6.55. The van der Waals surface area contributed by atoms with Crippen LogP contribution in [0.25, 0.3) is 0 Å². The lowest BCUT2D eigenvalue weighted by Crippen LogP contribution is -2.38. The molecule has 0 aliphatic rings. The first-order valence-corrected chi connectivity index (χ1v) is 6.59. The van der Waals surface area contributed by atoms with Crippen molar-refractivity contribution in [3.63, 3.8) is 0 Å². The number of anilines is 1. The Labute approximate surface area is 138 Å². The number of halogens is 2. The zero-order valence-electron chi connectivity index (χ0n) is 17.3. The lowest BCUT2D eigenvalue weighted by molar-refractivity contribution is -0.127. The maximum atomic E-state index is 12.4. The Bertz CT molecular complexity index is 663. The Hall–Kier alpha value is -1.13. The summed E-state index contributed by atoms with van der Waals surface area (Å²) in [5.41, 5.74) is 2.08. The summed E-state index contributed by atoms with van der Waals surface area (Å²) in [6, 6.07) is 2.79. The highest BCUT2D eigenvalue weighted by Crippen LogP contribution is 2.34. The topological polar surface area (TPSA) is 50.4 Å². The normalized spacial score (nSPS) is 17.1. The van der Waals surface area contributed by atoms with E-state index in [4.69, 9.17) is 36.2 Å². The molecule has 1 amide bonds. The number of benzene rings is 1. The van der Waals surface area contributed by atoms with Crippen molar-refractivity contribution in [2.24, 2.45) is 5.41 Å². The Kier molecular flexibility index (Phi) is 3.19. The molecule has 0 atom stereocenters. The monoisotopic (exact) mass is 324 g/mol. The maximum Gasteiger partial charge on any atom is 0.243 e. The average molecular weight is 325 g/mol. The number of carbonyl (C=O) groups excluding carboxylic acids is 1. The third kappa shape index (κ3) is 4.76. The van der Waals surface area contributed by atoms with Gasteiger partial charge in [-0.25, -0.2) is 0 Å². The van der Waals surface area contributed by atoms with Crippen molar-refractivity contribution in [2.75, 3.05) is 5.43 Å². The third-order valence-corrected chi connectivity index (χ3v) is 2.76. The van der Waals surface area contributed by atoms with Crippen molar-refractivity contribution in [3.05, 3.63) is 22.2 Å². The minimum atomic E-state index is -3.06. The summed E-state index contributed by atoms with van der Waals surface area (Å²) >= 11 is 12.1. The first-order chi connectivity index (χ1) is 11.6. The van der Waals surface area contributed by atoms with Crippen LogP contribution in [-0.4, -0.2) is 12.0 Å². The molecule has 2 N–H and O–H groups in total. The summed E-state index contributed by atoms with van der Waals surface area (Å²) in [7, 11) is 0. The molecule has 0 saturated heterocycles. The lowest BCUT2D eigenvalue weighted by atomic mass is 9.96. The highest BCUT2D eigenvalue weighted by Gasteiger charge is 2.21. The van der Waals surface area contributed by atoms with Gasteiger partial charge in [-0.05, 0) is 19.9 Å². The highest BCUT2D eigenvalue weighted by atomic mass is 35.5. The van der Waals surface area contributed by atoms with Crippen molar-refractivity contribution < 1.29 is 17.8 Å². The van der Waals surface area contributed by atoms with E-state index in [-0.39, 0.29) is 27.6 Å². The number of rotatable bonds is 4. The molecule has 0 spiro atoms. The number of nitrogens with one attached hydrogen (secondary N) is 2. The SMILES string of the molecule is [2H]C([2H])([2H])C(C)(C(=O)NNc1cc(OC(C)C)c(Cl)cc1Cl)C([2H])([2H])[2H]. The fourth-order valence-electron chi connectivity index (χ4n) is 1.22. The van der Waals surface area contributed by atoms with Crippen LogP contribution in [0.5, 0.6) is 5.75 Å². The number of ether oxygens (including phenoxy) is 1. The maximum absolute atomic E-state index is 12.4. The number of carbonyl (C=O) groups is 1. The molecule has 0 unspecified atom stereocenters. The Balaban J connectivity index is 3.09. The second-order valence-corrected chi connectivity index (χ2v) is 5.45. The zero-order valence-corrected chi connectivity index (χ0v) is 12.8. The zero-order chi connectivity index (χ0) is 20.5. The largest absolute Gasteiger partial charge is 0.489 e. The van der Waals surface area contributed by atoms with E-state index < -0.39 is 25.0 Å². The molecule has 0 fully saturated rings. The van der Waals surface area contributed by atoms with Gasteiger partial charge in [0.2, 0.25) is 5.91 Å². The molecule has 1 aromatic carbocycles. The fraction of sp³-hybridized carbons (Fsp3) is 0.500. The van der Waals surface area contributed by atoms with Crippen LogP contribution in [0.1, 0.15) is 42.7 Å². The number of amides is 1. The van der Waals surface area contributed by atoms with Crippen LogP contribution in [0.4, 0.5) is 5.69 Å². The Morgan fingerprint density at radius 1 is 1.35 bits per heavy atom. The Morgan fingerprint density at radius 2 is 2.00 bits per heavy atom. The van der Waals surface area contributed by atoms with Gasteiger partial charge in [0.25, 0.3) is 0 Å². The standard InChI is InChI=1S/C14H20Cl2N2O2/c1-8(2)20-12-7-11(9(15)6-10(12)16)17-18-13(19)14(3,4)5/h6-8,17H,1-5H3,(H,18,19)/i3D3,4D3. The molecular weight excluding hydrogens is 299 g/mol. The van der Waals surface area contributed by atoms with E-state index in [0.717, 1.165) is 6.92 Å². The van der Waals surface area contributed by atoms with Crippen molar-refractivity contribution in [2.45, 2.75) is 40.6 Å². The van der Waals surface area contributed by atoms with Crippen LogP contribution in [0, 0.1) is 5.41 Å². The molecule has 1 aromatic rings. The molecule has 0 bridgehead atoms. The highest BCUT2D eigenvalue weighted by molar-refractivity contribution is 6.37. The Morgan fingerprint density at radius 3 is 2.55 bits per heavy atom. The van der Waals surface area contributed by atoms with Gasteiger partial charge in [0, 0.05) is 19.7 Å². The van der Waals surface area contributed by atoms with Crippen LogP contribution in [0.15, 0.2) is 12.1 Å². The summed E-state index contributed by atoms with van der Waals surface area (Å²) in [5, 5.41) is 0.367. The van der Waals surface area contributed by atoms with Gasteiger partial charge >= 0.3 is 0 Å². The van der Waals surface area contributed by atoms with Crippen LogP contribution in [0.3, 0.4) is 0 Å². The molecule has 4 nitrogen and oxygen atoms in total. The first kappa shape index (κ1) is 9.74. The molecule has 1 rings (SSSR count). The van der Waals surface area contributed by atoms with E-state index >= 15 is 0 Å². The predicted molar refractivity (Wildman–Crippen MR) is 83.4 cm³/mol. The molecule has 0 aliphatic heterocycles. The van der Waals surface area contributed by atoms with E-state index in [2.05, 4.69) is 10.9 Å². The first-order valence-electron chi connectivity index (χ1n) is 8.83. The molecule has 0 aliphatic carbocycles. The van der Waals surface area contributed by atoms with Gasteiger partial charge in [-0.2, -0.15) is 0 Å². The van der Waals surface area contributed by atoms with Gasteiger partial charge in [-0.1, -0.05) is 43.8 Å². The molecule has 0 saturated carbocycles. The van der Waals surface area contributed by atoms with Gasteiger partial charge in [0.05, 0.1) is 21.8 Å². The summed E-state index contributed by atoms with van der Waals surface area (Å²) in [6.07, 6.45) is -0.175. The number of hydrogen-bond acceptors (Lipinski definition) is 3. The number of hydrogen-bond donors (Lipinski definition) is 2. The van der Waals surface area contributed by atoms with Gasteiger partial charge in [0.1, 0.15) is 5.75 Å². The van der Waals surface area contributed by atoms with E-state index in [9.17, 15) is 4.79 Å². The van der Waals surface area contributed by atoms with Crippen LogP contribution in [-0.2, 0) is 4.79 Å². The van der Waals surface area contributed by atoms with Crippen LogP contribution < -0.4 is 15.6 Å². The average Bonchev–Trinajstić information content (AvgIpc) is 2.44. The smallest absolute Gasteiger partial charge is 0.243 e. The fourth-order valence-corrected chi connectivity index (χ4v) is 1.69. The van der Waals surface area contributed by atoms with Crippen LogP contribution in [0.2, 0.25) is 10.0 Å². The van der Waals surface area contributed by atoms with Gasteiger partial charge in [0.15, 0.2) is 0 Å². The minimum Gasteiger partial charge on any atom is -0.489 e. The summed E-state index contributed by atoms with van der Waals surface area (Å²) in [5.74, 6) is -0.938. The predicted octanol–water partition coefficient (Wildman–Crippen LogP) is 4.27. The lowest BCUT2D eigenvalue weighted by Gasteiger charge is -2.20. The van der Waals surface area contributed by atoms with Gasteiger partial charge in [-0.15, -0.1) is 0 Å². The molecule has 0 radical (unpaired) electrons. The van der Waals surface area contributed by atoms with Gasteiger partial charge < -0.3 is 4.74 Å². The molecule has 6 heteroatoms. The summed E-state index contributed by atoms with van der Waals surface area (Å²) < 4.78 is 50.2. The van der Waals surface area contributed by atoms with Crippen LogP contribution >= 0.6 is 23.2 Å². The molecule has 20 heavy (non-hydrogen) atoms. The van der Waals surface area contributed by atoms with Crippen molar-refractivity contribution in [1.29, 1.82) is 0 Å². The van der Waals surface area contributed by atoms with E-state index in [1.54, 1.807) is 13.8 Å². The van der Waals surface area contributed by atoms with E-state index in [1.165, 1.54) is 12.1 Å². The summed E-state index contributed by atoms with van der Waals surface area (Å²) in [6.45, 7) is -1.67. The van der Waals surface area contributed by atoms with E-state index in [0.29, 0.717) is 0 Å². The third-order valence-electron chi connectivity index (χ3n) is 2.15. The second-order valence-electron chi connectivity index (χ2n) is 4.63. The van der Waals surface area contributed by atoms with Crippen molar-refractivity contribution in [3.8, 4) is 5.75 Å². The summed E-state index contributed by atoms with van der Waals surface area (Å²) in [4.78, 5) is 12.4. The van der Waals surface area contributed by atoms with Crippen molar-refractivity contribution >= 4 is 34.8 Å². The molecule has 112 valence electrons. The van der Waals surface area contributed by atoms with Gasteiger partial charge in [-0.3, -0.25) is 15.6 Å². The van der Waals surface area contributed by atoms with E-state index in [1.807, 2.05) is 0 Å². The molecule has 0 heterocycles. The van der Waals surface area contributed by atoms with Crippen molar-refractivity contribution in [1.82, 2.24) is 5.43 Å². The molecular formula is C14H20Cl2N2O2. The number of hydrazine groups is 1. The molecule has 0 aromatic heterocycles. The minimum absolute atomic E-state index is 0.121.